The lowest BCUT2D eigenvalue weighted by atomic mass is 10.2. The van der Waals surface area contributed by atoms with Gasteiger partial charge in [0.05, 0.1) is 11.7 Å². The van der Waals surface area contributed by atoms with Crippen LogP contribution in [0.3, 0.4) is 0 Å². The van der Waals surface area contributed by atoms with Gasteiger partial charge in [0.15, 0.2) is 0 Å². The smallest absolute Gasteiger partial charge is 0.347 e. The lowest BCUT2D eigenvalue weighted by Crippen LogP contribution is -2.19. The van der Waals surface area contributed by atoms with E-state index < -0.39 is 5.63 Å². The minimum atomic E-state index is -0.460. The van der Waals surface area contributed by atoms with Crippen LogP contribution in [0.15, 0.2) is 68.8 Å². The molecule has 4 aromatic rings. The number of aromatic nitrogens is 2. The molecule has 0 saturated carbocycles. The summed E-state index contributed by atoms with van der Waals surface area (Å²) in [7, 11) is 0. The van der Waals surface area contributed by atoms with E-state index in [0.29, 0.717) is 16.5 Å². The number of fused-ring (bicyclic) bond motifs is 3. The number of thioether (sulfide) groups is 1. The molecule has 0 fully saturated rings. The highest BCUT2D eigenvalue weighted by atomic mass is 32.2. The summed E-state index contributed by atoms with van der Waals surface area (Å²) >= 11 is 1.61. The molecule has 0 saturated heterocycles. The van der Waals surface area contributed by atoms with Crippen LogP contribution in [-0.2, 0) is 11.3 Å². The standard InChI is InChI=1S/C19H15N3O3S/c1-26-13-6-4-5-12(9-13)21-17(23)11-22-18-14-7-2-3-8-16(14)25-19(24)15(18)10-20-22/h2-10H,11H2,1H3,(H,21,23). The number of hydrogen-bond acceptors (Lipinski definition) is 5. The highest BCUT2D eigenvalue weighted by Crippen LogP contribution is 2.23. The van der Waals surface area contributed by atoms with Crippen LogP contribution in [0.25, 0.3) is 21.9 Å². The summed E-state index contributed by atoms with van der Waals surface area (Å²) in [5, 5.41) is 8.19. The third kappa shape index (κ3) is 2.97. The molecule has 0 aliphatic heterocycles. The van der Waals surface area contributed by atoms with Crippen molar-refractivity contribution in [1.82, 2.24) is 9.78 Å². The molecule has 26 heavy (non-hydrogen) atoms. The first kappa shape index (κ1) is 16.4. The number of hydrogen-bond donors (Lipinski definition) is 1. The molecule has 0 unspecified atom stereocenters. The minimum absolute atomic E-state index is 0.000440. The van der Waals surface area contributed by atoms with Crippen LogP contribution in [-0.4, -0.2) is 21.9 Å². The molecule has 0 bridgehead atoms. The lowest BCUT2D eigenvalue weighted by molar-refractivity contribution is -0.116. The van der Waals surface area contributed by atoms with Gasteiger partial charge in [0, 0.05) is 16.0 Å². The van der Waals surface area contributed by atoms with Gasteiger partial charge >= 0.3 is 5.63 Å². The van der Waals surface area contributed by atoms with Crippen LogP contribution in [0.4, 0.5) is 5.69 Å². The van der Waals surface area contributed by atoms with Gasteiger partial charge in [-0.1, -0.05) is 18.2 Å². The molecular weight excluding hydrogens is 350 g/mol. The Balaban J connectivity index is 1.69. The Morgan fingerprint density at radius 3 is 2.88 bits per heavy atom. The maximum atomic E-state index is 12.5. The Bertz CT molecular complexity index is 1180. The zero-order valence-electron chi connectivity index (χ0n) is 13.9. The number of nitrogens with zero attached hydrogens (tertiary/aromatic N) is 2. The molecule has 4 rings (SSSR count). The summed E-state index contributed by atoms with van der Waals surface area (Å²) in [4.78, 5) is 25.7. The van der Waals surface area contributed by atoms with E-state index in [1.807, 2.05) is 42.7 Å². The highest BCUT2D eigenvalue weighted by Gasteiger charge is 2.15. The van der Waals surface area contributed by atoms with Gasteiger partial charge in [-0.3, -0.25) is 9.48 Å². The van der Waals surface area contributed by atoms with Gasteiger partial charge in [-0.05, 0) is 36.6 Å². The van der Waals surface area contributed by atoms with E-state index in [2.05, 4.69) is 10.4 Å². The average Bonchev–Trinajstić information content (AvgIpc) is 3.06. The number of carbonyl (C=O) groups excluding carboxylic acids is 1. The highest BCUT2D eigenvalue weighted by molar-refractivity contribution is 7.98. The van der Waals surface area contributed by atoms with E-state index in [1.165, 1.54) is 10.9 Å². The summed E-state index contributed by atoms with van der Waals surface area (Å²) in [6.07, 6.45) is 3.42. The van der Waals surface area contributed by atoms with Crippen molar-refractivity contribution in [3.63, 3.8) is 0 Å². The van der Waals surface area contributed by atoms with Crippen LogP contribution in [0.1, 0.15) is 0 Å². The number of carbonyl (C=O) groups is 1. The van der Waals surface area contributed by atoms with Crippen molar-refractivity contribution in [2.45, 2.75) is 11.4 Å². The average molecular weight is 365 g/mol. The Morgan fingerprint density at radius 2 is 2.04 bits per heavy atom. The van der Waals surface area contributed by atoms with Gasteiger partial charge in [-0.15, -0.1) is 11.8 Å². The van der Waals surface area contributed by atoms with E-state index >= 15 is 0 Å². The molecule has 0 aliphatic rings. The largest absolute Gasteiger partial charge is 0.422 e. The third-order valence-electron chi connectivity index (χ3n) is 4.05. The Morgan fingerprint density at radius 1 is 1.19 bits per heavy atom. The second kappa shape index (κ2) is 6.68. The molecule has 2 aromatic carbocycles. The maximum Gasteiger partial charge on any atom is 0.347 e. The molecule has 2 aromatic heterocycles. The summed E-state index contributed by atoms with van der Waals surface area (Å²) in [6.45, 7) is 0.000440. The molecule has 130 valence electrons. The van der Waals surface area contributed by atoms with Crippen LogP contribution < -0.4 is 10.9 Å². The Kier molecular flexibility index (Phi) is 4.22. The van der Waals surface area contributed by atoms with E-state index in [4.69, 9.17) is 4.42 Å². The first-order valence-electron chi connectivity index (χ1n) is 7.97. The first-order chi connectivity index (χ1) is 12.7. The van der Waals surface area contributed by atoms with E-state index in [0.717, 1.165) is 16.0 Å². The van der Waals surface area contributed by atoms with E-state index in [1.54, 1.807) is 23.9 Å². The minimum Gasteiger partial charge on any atom is -0.422 e. The van der Waals surface area contributed by atoms with Crippen LogP contribution >= 0.6 is 11.8 Å². The van der Waals surface area contributed by atoms with Crippen molar-refractivity contribution >= 4 is 45.2 Å². The van der Waals surface area contributed by atoms with E-state index in [-0.39, 0.29) is 12.5 Å². The molecule has 7 heteroatoms. The predicted molar refractivity (Wildman–Crippen MR) is 103 cm³/mol. The van der Waals surface area contributed by atoms with Gasteiger partial charge < -0.3 is 9.73 Å². The van der Waals surface area contributed by atoms with Gasteiger partial charge in [0.2, 0.25) is 5.91 Å². The summed E-state index contributed by atoms with van der Waals surface area (Å²) in [6, 6.07) is 14.8. The maximum absolute atomic E-state index is 12.5. The number of para-hydroxylation sites is 1. The molecule has 0 atom stereocenters. The Hall–Kier alpha value is -3.06. The molecule has 1 N–H and O–H groups in total. The second-order valence-electron chi connectivity index (χ2n) is 5.73. The zero-order chi connectivity index (χ0) is 18.1. The lowest BCUT2D eigenvalue weighted by Gasteiger charge is -2.08. The zero-order valence-corrected chi connectivity index (χ0v) is 14.7. The van der Waals surface area contributed by atoms with Crippen LogP contribution in [0.2, 0.25) is 0 Å². The normalized spacial score (nSPS) is 11.1. The van der Waals surface area contributed by atoms with Crippen molar-refractivity contribution in [1.29, 1.82) is 0 Å². The van der Waals surface area contributed by atoms with E-state index in [9.17, 15) is 9.59 Å². The molecular formula is C19H15N3O3S. The summed E-state index contributed by atoms with van der Waals surface area (Å²) in [5.74, 6) is -0.217. The molecule has 1 amide bonds. The fourth-order valence-electron chi connectivity index (χ4n) is 2.88. The van der Waals surface area contributed by atoms with Crippen molar-refractivity contribution in [3.8, 4) is 0 Å². The molecule has 0 spiro atoms. The number of amides is 1. The number of nitrogens with one attached hydrogen (secondary N) is 1. The molecule has 2 heterocycles. The fraction of sp³-hybridized carbons (Fsp3) is 0.105. The van der Waals surface area contributed by atoms with Crippen molar-refractivity contribution in [2.24, 2.45) is 0 Å². The number of anilines is 1. The van der Waals surface area contributed by atoms with Gasteiger partial charge in [-0.2, -0.15) is 5.10 Å². The monoisotopic (exact) mass is 365 g/mol. The third-order valence-corrected chi connectivity index (χ3v) is 4.78. The summed E-state index contributed by atoms with van der Waals surface area (Å²) < 4.78 is 6.83. The second-order valence-corrected chi connectivity index (χ2v) is 6.61. The van der Waals surface area contributed by atoms with Crippen molar-refractivity contribution in [2.75, 3.05) is 11.6 Å². The fourth-order valence-corrected chi connectivity index (χ4v) is 3.34. The number of rotatable bonds is 4. The molecule has 0 radical (unpaired) electrons. The summed E-state index contributed by atoms with van der Waals surface area (Å²) in [5.41, 5.74) is 1.34. The van der Waals surface area contributed by atoms with Crippen molar-refractivity contribution in [3.05, 3.63) is 65.1 Å². The van der Waals surface area contributed by atoms with Gasteiger partial charge in [0.1, 0.15) is 17.5 Å². The number of benzene rings is 2. The SMILES string of the molecule is CSc1cccc(NC(=O)Cn2ncc3c(=O)oc4ccccc4c32)c1. The van der Waals surface area contributed by atoms with Crippen molar-refractivity contribution < 1.29 is 9.21 Å². The van der Waals surface area contributed by atoms with Crippen LogP contribution in [0.5, 0.6) is 0 Å². The molecule has 0 aliphatic carbocycles. The molecule has 6 nitrogen and oxygen atoms in total. The van der Waals surface area contributed by atoms with Gasteiger partial charge in [0.25, 0.3) is 0 Å². The quantitative estimate of drug-likeness (QED) is 0.442. The van der Waals surface area contributed by atoms with Gasteiger partial charge in [-0.25, -0.2) is 4.79 Å². The first-order valence-corrected chi connectivity index (χ1v) is 9.19. The topological polar surface area (TPSA) is 77.1 Å². The predicted octanol–water partition coefficient (Wildman–Crippen LogP) is 3.50. The Labute approximate surface area is 152 Å². The van der Waals surface area contributed by atoms with Crippen LogP contribution in [0, 0.1) is 0 Å².